The average molecular weight is 456 g/mol. The van der Waals surface area contributed by atoms with Crippen molar-refractivity contribution >= 4 is 35.8 Å². The predicted molar refractivity (Wildman–Crippen MR) is 132 cm³/mol. The molecule has 1 aliphatic heterocycles. The minimum Gasteiger partial charge on any atom is -0.378 e. The molecule has 0 radical (unpaired) electrons. The first kappa shape index (κ1) is 21.7. The Hall–Kier alpha value is -4.11. The lowest BCUT2D eigenvalue weighted by Crippen LogP contribution is -2.37. The summed E-state index contributed by atoms with van der Waals surface area (Å²) in [5, 5.41) is 7.17. The summed E-state index contributed by atoms with van der Waals surface area (Å²) < 4.78 is 5.51. The van der Waals surface area contributed by atoms with E-state index in [0.29, 0.717) is 37.0 Å². The third-order valence-electron chi connectivity index (χ3n) is 5.62. The van der Waals surface area contributed by atoms with E-state index in [9.17, 15) is 4.79 Å². The first-order chi connectivity index (χ1) is 16.7. The van der Waals surface area contributed by atoms with Crippen molar-refractivity contribution in [1.29, 1.82) is 0 Å². The van der Waals surface area contributed by atoms with E-state index in [2.05, 4.69) is 30.7 Å². The molecule has 9 nitrogen and oxygen atoms in total. The van der Waals surface area contributed by atoms with Crippen molar-refractivity contribution in [1.82, 2.24) is 15.0 Å². The topological polar surface area (TPSA) is 105 Å². The summed E-state index contributed by atoms with van der Waals surface area (Å²) in [6.45, 7) is 4.76. The van der Waals surface area contributed by atoms with Crippen LogP contribution in [0.5, 0.6) is 0 Å². The smallest absolute Gasteiger partial charge is 0.253 e. The maximum atomic E-state index is 12.9. The number of amides is 1. The highest BCUT2D eigenvalue weighted by Gasteiger charge is 2.27. The molecular weight excluding hydrogens is 430 g/mol. The number of fused-ring (bicyclic) bond motifs is 1. The Kier molecular flexibility index (Phi) is 6.26. The number of aromatic nitrogens is 3. The van der Waals surface area contributed by atoms with Gasteiger partial charge in [-0.2, -0.15) is 10.1 Å². The Morgan fingerprint density at radius 2 is 2.03 bits per heavy atom. The van der Waals surface area contributed by atoms with Crippen LogP contribution in [0.2, 0.25) is 0 Å². The van der Waals surface area contributed by atoms with Crippen LogP contribution in [-0.2, 0) is 16.0 Å². The van der Waals surface area contributed by atoms with E-state index in [1.54, 1.807) is 24.5 Å². The van der Waals surface area contributed by atoms with E-state index in [1.807, 2.05) is 43.3 Å². The molecular formula is C25H25N7O2. The number of rotatable bonds is 6. The normalized spacial score (nSPS) is 15.2. The molecule has 1 aromatic carbocycles. The Bertz CT molecular complexity index is 1250. The number of nitrogens with zero attached hydrogens (tertiary/aromatic N) is 5. The number of hydrazone groups is 1. The zero-order valence-electron chi connectivity index (χ0n) is 18.9. The second-order valence-corrected chi connectivity index (χ2v) is 8.13. The van der Waals surface area contributed by atoms with Gasteiger partial charge < -0.3 is 15.0 Å². The predicted octanol–water partition coefficient (Wildman–Crippen LogP) is 3.04. The Morgan fingerprint density at radius 3 is 2.82 bits per heavy atom. The summed E-state index contributed by atoms with van der Waals surface area (Å²) in [5.41, 5.74) is 7.36. The second kappa shape index (κ2) is 9.80. The number of nitrogens with one attached hydrogen (secondary N) is 2. The maximum Gasteiger partial charge on any atom is 0.253 e. The van der Waals surface area contributed by atoms with Crippen molar-refractivity contribution < 1.29 is 9.53 Å². The van der Waals surface area contributed by atoms with Crippen molar-refractivity contribution in [3.05, 3.63) is 76.6 Å². The van der Waals surface area contributed by atoms with Crippen molar-refractivity contribution in [2.45, 2.75) is 13.3 Å². The van der Waals surface area contributed by atoms with Gasteiger partial charge in [-0.1, -0.05) is 35.9 Å². The fourth-order valence-electron chi connectivity index (χ4n) is 3.97. The van der Waals surface area contributed by atoms with Crippen LogP contribution in [-0.4, -0.2) is 53.4 Å². The van der Waals surface area contributed by atoms with Gasteiger partial charge in [0.15, 0.2) is 0 Å². The quantitative estimate of drug-likeness (QED) is 0.435. The Morgan fingerprint density at radius 1 is 1.15 bits per heavy atom. The highest BCUT2D eigenvalue weighted by atomic mass is 16.5. The van der Waals surface area contributed by atoms with Gasteiger partial charge in [0, 0.05) is 36.8 Å². The number of benzene rings is 1. The summed E-state index contributed by atoms with van der Waals surface area (Å²) in [4.78, 5) is 28.6. The lowest BCUT2D eigenvalue weighted by molar-refractivity contribution is -0.112. The second-order valence-electron chi connectivity index (χ2n) is 8.13. The number of hydrogen-bond acceptors (Lipinski definition) is 8. The van der Waals surface area contributed by atoms with Crippen LogP contribution >= 0.6 is 0 Å². The number of pyridine rings is 1. The van der Waals surface area contributed by atoms with E-state index in [0.717, 1.165) is 41.3 Å². The summed E-state index contributed by atoms with van der Waals surface area (Å²) in [5.74, 6) is 1.50. The van der Waals surface area contributed by atoms with Crippen LogP contribution in [0.1, 0.15) is 22.4 Å². The number of ether oxygens (including phenoxy) is 1. The van der Waals surface area contributed by atoms with Gasteiger partial charge in [0.1, 0.15) is 11.6 Å². The van der Waals surface area contributed by atoms with Gasteiger partial charge in [0.2, 0.25) is 5.95 Å². The van der Waals surface area contributed by atoms with Crippen molar-refractivity contribution in [3.63, 3.8) is 0 Å². The van der Waals surface area contributed by atoms with E-state index >= 15 is 0 Å². The molecule has 0 saturated carbocycles. The van der Waals surface area contributed by atoms with Crippen LogP contribution in [0, 0.1) is 6.92 Å². The molecule has 3 aromatic rings. The number of carbonyl (C=O) groups is 1. The van der Waals surface area contributed by atoms with Gasteiger partial charge in [0.05, 0.1) is 25.1 Å². The van der Waals surface area contributed by atoms with Crippen LogP contribution < -0.4 is 15.6 Å². The molecule has 34 heavy (non-hydrogen) atoms. The summed E-state index contributed by atoms with van der Waals surface area (Å²) in [6, 6.07) is 13.4. The third kappa shape index (κ3) is 4.94. The largest absolute Gasteiger partial charge is 0.378 e. The molecule has 1 amide bonds. The minimum absolute atomic E-state index is 0.198. The molecule has 3 heterocycles. The number of hydrogen-bond donors (Lipinski definition) is 2. The van der Waals surface area contributed by atoms with Crippen molar-refractivity contribution in [2.75, 3.05) is 41.9 Å². The van der Waals surface area contributed by atoms with Crippen molar-refractivity contribution in [2.24, 2.45) is 5.10 Å². The highest BCUT2D eigenvalue weighted by molar-refractivity contribution is 6.08. The average Bonchev–Trinajstić information content (AvgIpc) is 3.29. The van der Waals surface area contributed by atoms with Gasteiger partial charge in [-0.15, -0.1) is 0 Å². The fourth-order valence-corrected chi connectivity index (χ4v) is 3.97. The lowest BCUT2D eigenvalue weighted by Gasteiger charge is -2.29. The lowest BCUT2D eigenvalue weighted by atomic mass is 10.1. The molecule has 2 aromatic heterocycles. The molecule has 9 heteroatoms. The number of aryl methyl sites for hydroxylation is 1. The summed E-state index contributed by atoms with van der Waals surface area (Å²) in [7, 11) is 0. The molecule has 0 atom stereocenters. The SMILES string of the molecule is Cc1cccc(/C=N/Nc2nc3c(c(N4CCOCC4)n2)CC(C(=O)Nc2ccccn2)=C3)c1. The first-order valence-electron chi connectivity index (χ1n) is 11.2. The number of carbonyl (C=O) groups excluding carboxylic acids is 1. The fraction of sp³-hybridized carbons (Fsp3) is 0.240. The van der Waals surface area contributed by atoms with E-state index in [-0.39, 0.29) is 5.91 Å². The zero-order chi connectivity index (χ0) is 23.3. The highest BCUT2D eigenvalue weighted by Crippen LogP contribution is 2.33. The van der Waals surface area contributed by atoms with Crippen LogP contribution in [0.15, 0.2) is 59.3 Å². The van der Waals surface area contributed by atoms with E-state index in [1.165, 1.54) is 0 Å². The monoisotopic (exact) mass is 455 g/mol. The summed E-state index contributed by atoms with van der Waals surface area (Å²) >= 11 is 0. The van der Waals surface area contributed by atoms with Crippen LogP contribution in [0.4, 0.5) is 17.6 Å². The van der Waals surface area contributed by atoms with Gasteiger partial charge in [0.25, 0.3) is 5.91 Å². The molecule has 1 saturated heterocycles. The zero-order valence-corrected chi connectivity index (χ0v) is 18.9. The minimum atomic E-state index is -0.198. The molecule has 1 fully saturated rings. The molecule has 1 aliphatic carbocycles. The Labute approximate surface area is 197 Å². The molecule has 0 unspecified atom stereocenters. The van der Waals surface area contributed by atoms with Gasteiger partial charge in [-0.25, -0.2) is 15.4 Å². The van der Waals surface area contributed by atoms with Gasteiger partial charge in [-0.05, 0) is 30.7 Å². The number of morpholine rings is 1. The van der Waals surface area contributed by atoms with Gasteiger partial charge >= 0.3 is 0 Å². The Balaban J connectivity index is 1.40. The third-order valence-corrected chi connectivity index (χ3v) is 5.62. The summed E-state index contributed by atoms with van der Waals surface area (Å²) in [6.07, 6.45) is 5.65. The first-order valence-corrected chi connectivity index (χ1v) is 11.2. The molecule has 2 N–H and O–H groups in total. The van der Waals surface area contributed by atoms with Crippen molar-refractivity contribution in [3.8, 4) is 0 Å². The maximum absolute atomic E-state index is 12.9. The van der Waals surface area contributed by atoms with Crippen LogP contribution in [0.25, 0.3) is 6.08 Å². The molecule has 5 rings (SSSR count). The van der Waals surface area contributed by atoms with E-state index < -0.39 is 0 Å². The van der Waals surface area contributed by atoms with Gasteiger partial charge in [-0.3, -0.25) is 4.79 Å². The van der Waals surface area contributed by atoms with E-state index in [4.69, 9.17) is 9.72 Å². The molecule has 0 spiro atoms. The molecule has 2 aliphatic rings. The molecule has 172 valence electrons. The standard InChI is InChI=1S/C25H25N7O2/c1-17-5-4-6-18(13-17)16-27-31-25-28-21-15-19(24(33)29-22-7-2-3-8-26-22)14-20(21)23(30-25)32-9-11-34-12-10-32/h2-8,13,15-16H,9-12,14H2,1H3,(H,26,29,33)(H,28,30,31)/b27-16+. The van der Waals surface area contributed by atoms with Crippen LogP contribution in [0.3, 0.4) is 0 Å². The molecule has 0 bridgehead atoms. The number of anilines is 3.